The third-order valence-corrected chi connectivity index (χ3v) is 4.26. The average Bonchev–Trinajstić information content (AvgIpc) is 2.52. The van der Waals surface area contributed by atoms with Gasteiger partial charge < -0.3 is 20.9 Å². The largest absolute Gasteiger partial charge is 0.495 e. The van der Waals surface area contributed by atoms with Gasteiger partial charge in [-0.15, -0.1) is 0 Å². The maximum absolute atomic E-state index is 5.93. The number of halogens is 1. The third kappa shape index (κ3) is 2.59. The number of ether oxygens (including phenoxy) is 2. The van der Waals surface area contributed by atoms with E-state index in [1.807, 2.05) is 12.1 Å². The van der Waals surface area contributed by atoms with Crippen molar-refractivity contribution in [1.82, 2.24) is 9.97 Å². The second-order valence-electron chi connectivity index (χ2n) is 4.87. The number of rotatable bonds is 3. The van der Waals surface area contributed by atoms with Crippen LogP contribution in [0.1, 0.15) is 16.7 Å². The van der Waals surface area contributed by atoms with Gasteiger partial charge in [-0.05, 0) is 40.1 Å². The molecule has 3 rings (SSSR count). The number of aromatic nitrogens is 2. The number of nitrogens with zero attached hydrogens (tertiary/aromatic N) is 2. The molecule has 22 heavy (non-hydrogen) atoms. The van der Waals surface area contributed by atoms with E-state index in [9.17, 15) is 0 Å². The van der Waals surface area contributed by atoms with Gasteiger partial charge in [-0.1, -0.05) is 0 Å². The Kier molecular flexibility index (Phi) is 3.89. The van der Waals surface area contributed by atoms with Gasteiger partial charge in [0.1, 0.15) is 21.8 Å². The summed E-state index contributed by atoms with van der Waals surface area (Å²) in [6.45, 7) is 0. The second kappa shape index (κ2) is 5.84. The van der Waals surface area contributed by atoms with E-state index >= 15 is 0 Å². The van der Waals surface area contributed by atoms with E-state index in [1.165, 1.54) is 0 Å². The number of fused-ring (bicyclic) bond motifs is 1. The highest BCUT2D eigenvalue weighted by Crippen LogP contribution is 2.42. The molecule has 4 N–H and O–H groups in total. The molecule has 7 heteroatoms. The van der Waals surface area contributed by atoms with Gasteiger partial charge in [0.2, 0.25) is 5.95 Å². The van der Waals surface area contributed by atoms with E-state index in [1.54, 1.807) is 19.6 Å². The van der Waals surface area contributed by atoms with Crippen LogP contribution in [0.25, 0.3) is 0 Å². The molecule has 1 aromatic heterocycles. The maximum Gasteiger partial charge on any atom is 0.221 e. The van der Waals surface area contributed by atoms with E-state index in [-0.39, 0.29) is 5.95 Å². The first-order chi connectivity index (χ1) is 10.6. The Hall–Kier alpha value is -2.28. The van der Waals surface area contributed by atoms with E-state index < -0.39 is 0 Å². The van der Waals surface area contributed by atoms with Crippen LogP contribution >= 0.6 is 15.9 Å². The average molecular weight is 363 g/mol. The Bertz CT molecular complexity index is 762. The first-order valence-electron chi connectivity index (χ1n) is 6.67. The molecule has 114 valence electrons. The molecule has 0 atom stereocenters. The topological polar surface area (TPSA) is 96.3 Å². The lowest BCUT2D eigenvalue weighted by Gasteiger charge is -2.20. The standard InChI is InChI=1S/C15H15BrN4O2/c1-21-11-6-8(5-9-7-19-15(18)20-14(9)17)10-3-2-4-22-13(10)12(11)16/h2,4,6-7H,3,5H2,1H3,(H4,17,18,19,20). The van der Waals surface area contributed by atoms with Crippen molar-refractivity contribution in [2.45, 2.75) is 12.8 Å². The molecule has 1 aliphatic heterocycles. The first kappa shape index (κ1) is 14.6. The molecule has 1 aromatic carbocycles. The van der Waals surface area contributed by atoms with Gasteiger partial charge in [-0.3, -0.25) is 0 Å². The van der Waals surface area contributed by atoms with Crippen LogP contribution in [0.15, 0.2) is 29.1 Å². The highest BCUT2D eigenvalue weighted by molar-refractivity contribution is 9.10. The van der Waals surface area contributed by atoms with Crippen molar-refractivity contribution >= 4 is 27.7 Å². The Morgan fingerprint density at radius 1 is 1.36 bits per heavy atom. The summed E-state index contributed by atoms with van der Waals surface area (Å²) in [6.07, 6.45) is 6.65. The van der Waals surface area contributed by atoms with Crippen molar-refractivity contribution in [2.75, 3.05) is 18.6 Å². The summed E-state index contributed by atoms with van der Waals surface area (Å²) in [6, 6.07) is 1.97. The van der Waals surface area contributed by atoms with Crippen LogP contribution in [-0.4, -0.2) is 17.1 Å². The summed E-state index contributed by atoms with van der Waals surface area (Å²) in [5, 5.41) is 0. The van der Waals surface area contributed by atoms with Crippen LogP contribution < -0.4 is 20.9 Å². The molecule has 0 aliphatic carbocycles. The molecule has 6 nitrogen and oxygen atoms in total. The van der Waals surface area contributed by atoms with Crippen LogP contribution in [0, 0.1) is 0 Å². The van der Waals surface area contributed by atoms with Gasteiger partial charge in [-0.25, -0.2) is 4.98 Å². The fourth-order valence-corrected chi connectivity index (χ4v) is 3.02. The van der Waals surface area contributed by atoms with Gasteiger partial charge in [0.15, 0.2) is 0 Å². The van der Waals surface area contributed by atoms with Crippen LogP contribution in [0.4, 0.5) is 11.8 Å². The van der Waals surface area contributed by atoms with Gasteiger partial charge >= 0.3 is 0 Å². The molecule has 1 aliphatic rings. The predicted octanol–water partition coefficient (Wildman–Crippen LogP) is 2.45. The summed E-state index contributed by atoms with van der Waals surface area (Å²) >= 11 is 3.52. The summed E-state index contributed by atoms with van der Waals surface area (Å²) in [7, 11) is 1.62. The fourth-order valence-electron chi connectivity index (χ4n) is 2.41. The lowest BCUT2D eigenvalue weighted by atomic mass is 9.96. The third-order valence-electron chi connectivity index (χ3n) is 3.50. The van der Waals surface area contributed by atoms with Gasteiger partial charge in [-0.2, -0.15) is 4.98 Å². The minimum Gasteiger partial charge on any atom is -0.495 e. The Labute approximate surface area is 136 Å². The molecule has 0 unspecified atom stereocenters. The van der Waals surface area contributed by atoms with Crippen LogP contribution in [0.5, 0.6) is 11.5 Å². The van der Waals surface area contributed by atoms with Crippen LogP contribution in [0.3, 0.4) is 0 Å². The Balaban J connectivity index is 2.07. The highest BCUT2D eigenvalue weighted by atomic mass is 79.9. The van der Waals surface area contributed by atoms with Gasteiger partial charge in [0.05, 0.1) is 13.4 Å². The number of hydrogen-bond donors (Lipinski definition) is 2. The minimum atomic E-state index is 0.169. The predicted molar refractivity (Wildman–Crippen MR) is 87.8 cm³/mol. The fraction of sp³-hybridized carbons (Fsp3) is 0.200. The van der Waals surface area contributed by atoms with Crippen molar-refractivity contribution < 1.29 is 9.47 Å². The van der Waals surface area contributed by atoms with E-state index in [0.29, 0.717) is 18.0 Å². The smallest absolute Gasteiger partial charge is 0.221 e. The van der Waals surface area contributed by atoms with Crippen molar-refractivity contribution in [3.8, 4) is 11.5 Å². The monoisotopic (exact) mass is 362 g/mol. The molecule has 0 spiro atoms. The molecule has 0 saturated heterocycles. The minimum absolute atomic E-state index is 0.169. The second-order valence-corrected chi connectivity index (χ2v) is 5.66. The summed E-state index contributed by atoms with van der Waals surface area (Å²) in [4.78, 5) is 8.01. The van der Waals surface area contributed by atoms with Gasteiger partial charge in [0.25, 0.3) is 0 Å². The number of methoxy groups -OCH3 is 1. The summed E-state index contributed by atoms with van der Waals surface area (Å²) in [5.41, 5.74) is 14.4. The lowest BCUT2D eigenvalue weighted by Crippen LogP contribution is -2.07. The van der Waals surface area contributed by atoms with Crippen molar-refractivity contribution in [1.29, 1.82) is 0 Å². The molecule has 2 aromatic rings. The van der Waals surface area contributed by atoms with E-state index in [0.717, 1.165) is 33.3 Å². The van der Waals surface area contributed by atoms with Crippen LogP contribution in [-0.2, 0) is 12.8 Å². The zero-order valence-corrected chi connectivity index (χ0v) is 13.6. The molecule has 0 radical (unpaired) electrons. The van der Waals surface area contributed by atoms with Crippen molar-refractivity contribution in [2.24, 2.45) is 0 Å². The molecule has 0 bridgehead atoms. The highest BCUT2D eigenvalue weighted by Gasteiger charge is 2.20. The SMILES string of the molecule is COc1cc(Cc2cnc(N)nc2N)c2c(c1Br)OC=CC2. The summed E-state index contributed by atoms with van der Waals surface area (Å²) < 4.78 is 11.8. The summed E-state index contributed by atoms with van der Waals surface area (Å²) in [5.74, 6) is 2.03. The van der Waals surface area contributed by atoms with Crippen molar-refractivity contribution in [3.05, 3.63) is 45.8 Å². The van der Waals surface area contributed by atoms with Crippen molar-refractivity contribution in [3.63, 3.8) is 0 Å². The normalized spacial score (nSPS) is 12.6. The molecular formula is C15H15BrN4O2. The number of allylic oxidation sites excluding steroid dienone is 1. The number of nitrogens with two attached hydrogens (primary N) is 2. The number of hydrogen-bond acceptors (Lipinski definition) is 6. The Morgan fingerprint density at radius 2 is 2.18 bits per heavy atom. The number of benzene rings is 1. The number of nitrogen functional groups attached to an aromatic ring is 2. The molecular weight excluding hydrogens is 348 g/mol. The van der Waals surface area contributed by atoms with Crippen LogP contribution in [0.2, 0.25) is 0 Å². The first-order valence-corrected chi connectivity index (χ1v) is 7.46. The lowest BCUT2D eigenvalue weighted by molar-refractivity contribution is 0.401. The molecule has 0 saturated carbocycles. The van der Waals surface area contributed by atoms with E-state index in [2.05, 4.69) is 25.9 Å². The quantitative estimate of drug-likeness (QED) is 0.870. The molecule has 0 amide bonds. The molecule has 0 fully saturated rings. The molecule has 2 heterocycles. The number of anilines is 2. The zero-order chi connectivity index (χ0) is 15.7. The zero-order valence-electron chi connectivity index (χ0n) is 12.0. The maximum atomic E-state index is 5.93. The Morgan fingerprint density at radius 3 is 2.91 bits per heavy atom. The van der Waals surface area contributed by atoms with Gasteiger partial charge in [0, 0.05) is 23.7 Å². The van der Waals surface area contributed by atoms with E-state index in [4.69, 9.17) is 20.9 Å².